The number of fused-ring (bicyclic) bond motifs is 1. The minimum atomic E-state index is -4.76. The second kappa shape index (κ2) is 3.66. The average molecular weight is 222 g/mol. The quantitative estimate of drug-likeness (QED) is 0.715. The smallest absolute Gasteiger partial charge is 0.344 e. The predicted molar refractivity (Wildman–Crippen MR) is 47.2 cm³/mol. The second-order valence-electron chi connectivity index (χ2n) is 4.11. The molecule has 2 saturated heterocycles. The first kappa shape index (κ1) is 10.7. The van der Waals surface area contributed by atoms with E-state index in [1.165, 1.54) is 0 Å². The van der Waals surface area contributed by atoms with E-state index in [9.17, 15) is 18.0 Å². The molecule has 2 aliphatic rings. The molecule has 0 saturated carbocycles. The lowest BCUT2D eigenvalue weighted by Gasteiger charge is -2.21. The maximum atomic E-state index is 12.0. The SMILES string of the molecule is O=C(NC1CCN2CCCC12)C(F)(F)F. The Morgan fingerprint density at radius 1 is 1.27 bits per heavy atom. The summed E-state index contributed by atoms with van der Waals surface area (Å²) in [7, 11) is 0. The van der Waals surface area contributed by atoms with Crippen LogP contribution in [0.3, 0.4) is 0 Å². The van der Waals surface area contributed by atoms with Gasteiger partial charge < -0.3 is 5.32 Å². The summed E-state index contributed by atoms with van der Waals surface area (Å²) in [5.74, 6) is -1.80. The molecule has 0 radical (unpaired) electrons. The van der Waals surface area contributed by atoms with Crippen molar-refractivity contribution in [3.63, 3.8) is 0 Å². The van der Waals surface area contributed by atoms with Crippen molar-refractivity contribution < 1.29 is 18.0 Å². The number of amides is 1. The zero-order valence-corrected chi connectivity index (χ0v) is 8.18. The summed E-state index contributed by atoms with van der Waals surface area (Å²) < 4.78 is 36.1. The number of rotatable bonds is 1. The summed E-state index contributed by atoms with van der Waals surface area (Å²) in [5.41, 5.74) is 0. The van der Waals surface area contributed by atoms with Crippen LogP contribution in [-0.2, 0) is 4.79 Å². The highest BCUT2D eigenvalue weighted by Gasteiger charge is 2.44. The van der Waals surface area contributed by atoms with Gasteiger partial charge in [-0.15, -0.1) is 0 Å². The van der Waals surface area contributed by atoms with E-state index >= 15 is 0 Å². The van der Waals surface area contributed by atoms with Crippen LogP contribution in [0, 0.1) is 0 Å². The van der Waals surface area contributed by atoms with Crippen LogP contribution in [0.5, 0.6) is 0 Å². The lowest BCUT2D eigenvalue weighted by Crippen LogP contribution is -2.47. The van der Waals surface area contributed by atoms with Crippen molar-refractivity contribution in [1.29, 1.82) is 0 Å². The summed E-state index contributed by atoms with van der Waals surface area (Å²) in [5, 5.41) is 2.08. The molecule has 0 aromatic carbocycles. The number of nitrogens with zero attached hydrogens (tertiary/aromatic N) is 1. The van der Waals surface area contributed by atoms with Gasteiger partial charge >= 0.3 is 12.1 Å². The van der Waals surface area contributed by atoms with Crippen LogP contribution in [0.15, 0.2) is 0 Å². The number of alkyl halides is 3. The third kappa shape index (κ3) is 2.09. The van der Waals surface area contributed by atoms with Gasteiger partial charge in [0.2, 0.25) is 0 Å². The number of hydrogen-bond donors (Lipinski definition) is 1. The molecular formula is C9H13F3N2O. The molecule has 2 unspecified atom stereocenters. The average Bonchev–Trinajstić information content (AvgIpc) is 2.67. The molecule has 0 aromatic rings. The molecule has 2 fully saturated rings. The first-order chi connectivity index (χ1) is 6.98. The van der Waals surface area contributed by atoms with E-state index in [0.29, 0.717) is 6.42 Å². The van der Waals surface area contributed by atoms with Crippen LogP contribution < -0.4 is 5.32 Å². The molecule has 2 aliphatic heterocycles. The molecule has 0 aromatic heterocycles. The third-order valence-corrected chi connectivity index (χ3v) is 3.18. The van der Waals surface area contributed by atoms with Crippen LogP contribution in [0.4, 0.5) is 13.2 Å². The lowest BCUT2D eigenvalue weighted by molar-refractivity contribution is -0.174. The van der Waals surface area contributed by atoms with Crippen LogP contribution in [0.25, 0.3) is 0 Å². The summed E-state index contributed by atoms with van der Waals surface area (Å²) in [6, 6.07) is -0.196. The molecule has 86 valence electrons. The molecule has 0 spiro atoms. The maximum absolute atomic E-state index is 12.0. The van der Waals surface area contributed by atoms with Gasteiger partial charge in [-0.05, 0) is 25.8 Å². The Labute approximate surface area is 85.6 Å². The van der Waals surface area contributed by atoms with Gasteiger partial charge in [-0.2, -0.15) is 13.2 Å². The standard InChI is InChI=1S/C9H13F3N2O/c10-9(11,12)8(15)13-6-3-5-14-4-1-2-7(6)14/h6-7H,1-5H2,(H,13,15). The Bertz CT molecular complexity index is 267. The predicted octanol–water partition coefficient (Wildman–Crippen LogP) is 0.902. The highest BCUT2D eigenvalue weighted by atomic mass is 19.4. The Morgan fingerprint density at radius 2 is 2.00 bits per heavy atom. The zero-order chi connectivity index (χ0) is 11.1. The van der Waals surface area contributed by atoms with Crippen LogP contribution in [0.2, 0.25) is 0 Å². The van der Waals surface area contributed by atoms with E-state index in [-0.39, 0.29) is 12.1 Å². The molecule has 0 bridgehead atoms. The Morgan fingerprint density at radius 3 is 2.67 bits per heavy atom. The first-order valence-electron chi connectivity index (χ1n) is 5.10. The number of hydrogen-bond acceptors (Lipinski definition) is 2. The fourth-order valence-electron chi connectivity index (χ4n) is 2.50. The topological polar surface area (TPSA) is 32.3 Å². The third-order valence-electron chi connectivity index (χ3n) is 3.18. The van der Waals surface area contributed by atoms with Crippen LogP contribution >= 0.6 is 0 Å². The fraction of sp³-hybridized carbons (Fsp3) is 0.889. The largest absolute Gasteiger partial charge is 0.471 e. The number of halogens is 3. The molecule has 2 atom stereocenters. The van der Waals surface area contributed by atoms with Crippen molar-refractivity contribution in [2.45, 2.75) is 37.5 Å². The van der Waals surface area contributed by atoms with Gasteiger partial charge in [-0.25, -0.2) is 0 Å². The van der Waals surface area contributed by atoms with E-state index in [1.807, 2.05) is 0 Å². The number of carbonyl (C=O) groups is 1. The van der Waals surface area contributed by atoms with E-state index < -0.39 is 12.1 Å². The van der Waals surface area contributed by atoms with Crippen molar-refractivity contribution in [3.05, 3.63) is 0 Å². The summed E-state index contributed by atoms with van der Waals surface area (Å²) >= 11 is 0. The molecule has 2 heterocycles. The monoisotopic (exact) mass is 222 g/mol. The normalized spacial score (nSPS) is 31.7. The van der Waals surface area contributed by atoms with E-state index in [1.54, 1.807) is 0 Å². The summed E-state index contributed by atoms with van der Waals surface area (Å²) in [6.45, 7) is 1.75. The van der Waals surface area contributed by atoms with Gasteiger partial charge in [-0.3, -0.25) is 9.69 Å². The molecule has 15 heavy (non-hydrogen) atoms. The van der Waals surface area contributed by atoms with Gasteiger partial charge in [-0.1, -0.05) is 0 Å². The van der Waals surface area contributed by atoms with E-state index in [0.717, 1.165) is 25.9 Å². The number of carbonyl (C=O) groups excluding carboxylic acids is 1. The summed E-state index contributed by atoms with van der Waals surface area (Å²) in [6.07, 6.45) is -2.22. The molecule has 2 rings (SSSR count). The lowest BCUT2D eigenvalue weighted by atomic mass is 10.1. The van der Waals surface area contributed by atoms with E-state index in [2.05, 4.69) is 10.2 Å². The Balaban J connectivity index is 1.93. The van der Waals surface area contributed by atoms with Gasteiger partial charge in [0.15, 0.2) is 0 Å². The molecule has 1 amide bonds. The van der Waals surface area contributed by atoms with Crippen molar-refractivity contribution in [1.82, 2.24) is 10.2 Å². The molecule has 3 nitrogen and oxygen atoms in total. The van der Waals surface area contributed by atoms with Gasteiger partial charge in [0.1, 0.15) is 0 Å². The van der Waals surface area contributed by atoms with Crippen molar-refractivity contribution >= 4 is 5.91 Å². The van der Waals surface area contributed by atoms with Crippen LogP contribution in [0.1, 0.15) is 19.3 Å². The molecule has 6 heteroatoms. The van der Waals surface area contributed by atoms with Crippen molar-refractivity contribution in [2.24, 2.45) is 0 Å². The second-order valence-corrected chi connectivity index (χ2v) is 4.11. The fourth-order valence-corrected chi connectivity index (χ4v) is 2.50. The first-order valence-corrected chi connectivity index (χ1v) is 5.10. The molecule has 0 aliphatic carbocycles. The van der Waals surface area contributed by atoms with Gasteiger partial charge in [0, 0.05) is 18.6 Å². The van der Waals surface area contributed by atoms with Gasteiger partial charge in [0.05, 0.1) is 0 Å². The molecule has 1 N–H and O–H groups in total. The maximum Gasteiger partial charge on any atom is 0.471 e. The molecular weight excluding hydrogens is 209 g/mol. The highest BCUT2D eigenvalue weighted by Crippen LogP contribution is 2.28. The van der Waals surface area contributed by atoms with Crippen LogP contribution in [-0.4, -0.2) is 42.2 Å². The van der Waals surface area contributed by atoms with Gasteiger partial charge in [0.25, 0.3) is 0 Å². The number of nitrogens with one attached hydrogen (secondary N) is 1. The van der Waals surface area contributed by atoms with Crippen molar-refractivity contribution in [3.8, 4) is 0 Å². The highest BCUT2D eigenvalue weighted by molar-refractivity contribution is 5.82. The minimum absolute atomic E-state index is 0.122. The Hall–Kier alpha value is -0.780. The minimum Gasteiger partial charge on any atom is -0.344 e. The van der Waals surface area contributed by atoms with E-state index in [4.69, 9.17) is 0 Å². The Kier molecular flexibility index (Phi) is 2.62. The zero-order valence-electron chi connectivity index (χ0n) is 8.18. The van der Waals surface area contributed by atoms with Crippen molar-refractivity contribution in [2.75, 3.05) is 13.1 Å². The summed E-state index contributed by atoms with van der Waals surface area (Å²) in [4.78, 5) is 12.9.